The molecule has 14 heavy (non-hydrogen) atoms. The van der Waals surface area contributed by atoms with Gasteiger partial charge in [-0.15, -0.1) is 0 Å². The van der Waals surface area contributed by atoms with Crippen LogP contribution < -0.4 is 4.74 Å². The van der Waals surface area contributed by atoms with Crippen molar-refractivity contribution in [3.05, 3.63) is 29.3 Å². The molecule has 0 saturated heterocycles. The Labute approximate surface area is 83.9 Å². The Morgan fingerprint density at radius 1 is 1.43 bits per heavy atom. The maximum Gasteiger partial charge on any atom is 0.153 e. The van der Waals surface area contributed by atoms with Gasteiger partial charge in [0.1, 0.15) is 5.75 Å². The van der Waals surface area contributed by atoms with Gasteiger partial charge in [-0.1, -0.05) is 12.5 Å². The molecule has 1 fully saturated rings. The number of carbonyl (C=O) groups is 1. The Hall–Kier alpha value is -1.31. The minimum absolute atomic E-state index is 0.664. The van der Waals surface area contributed by atoms with Gasteiger partial charge in [-0.25, -0.2) is 0 Å². The summed E-state index contributed by atoms with van der Waals surface area (Å²) >= 11 is 0. The van der Waals surface area contributed by atoms with E-state index in [0.717, 1.165) is 6.29 Å². The number of hydrogen-bond acceptors (Lipinski definition) is 2. The molecule has 0 unspecified atom stereocenters. The zero-order valence-corrected chi connectivity index (χ0v) is 8.32. The molecule has 0 atom stereocenters. The van der Waals surface area contributed by atoms with E-state index in [0.29, 0.717) is 17.2 Å². The van der Waals surface area contributed by atoms with Crippen LogP contribution in [0, 0.1) is 0 Å². The van der Waals surface area contributed by atoms with Gasteiger partial charge in [-0.3, -0.25) is 4.79 Å². The second kappa shape index (κ2) is 3.82. The number of aldehydes is 1. The predicted molar refractivity (Wildman–Crippen MR) is 55.0 cm³/mol. The lowest BCUT2D eigenvalue weighted by Crippen LogP contribution is -2.09. The van der Waals surface area contributed by atoms with Gasteiger partial charge in [0, 0.05) is 0 Å². The SMILES string of the molecule is COc1ccc(C2CCC2)cc1C=O. The van der Waals surface area contributed by atoms with Crippen LogP contribution in [0.3, 0.4) is 0 Å². The van der Waals surface area contributed by atoms with Crippen molar-refractivity contribution < 1.29 is 9.53 Å². The van der Waals surface area contributed by atoms with Crippen molar-refractivity contribution in [1.29, 1.82) is 0 Å². The molecule has 0 spiro atoms. The molecule has 1 saturated carbocycles. The van der Waals surface area contributed by atoms with Crippen LogP contribution in [0.15, 0.2) is 18.2 Å². The first kappa shape index (κ1) is 9.25. The van der Waals surface area contributed by atoms with Crippen molar-refractivity contribution in [2.45, 2.75) is 25.2 Å². The van der Waals surface area contributed by atoms with Crippen molar-refractivity contribution in [1.82, 2.24) is 0 Å². The monoisotopic (exact) mass is 190 g/mol. The zero-order chi connectivity index (χ0) is 9.97. The Kier molecular flexibility index (Phi) is 2.53. The van der Waals surface area contributed by atoms with Crippen molar-refractivity contribution in [2.75, 3.05) is 7.11 Å². The smallest absolute Gasteiger partial charge is 0.153 e. The molecule has 0 heterocycles. The van der Waals surface area contributed by atoms with Crippen LogP contribution >= 0.6 is 0 Å². The summed E-state index contributed by atoms with van der Waals surface area (Å²) in [5.41, 5.74) is 1.94. The van der Waals surface area contributed by atoms with Crippen LogP contribution in [0.25, 0.3) is 0 Å². The van der Waals surface area contributed by atoms with E-state index in [-0.39, 0.29) is 0 Å². The summed E-state index contributed by atoms with van der Waals surface area (Å²) in [6, 6.07) is 5.91. The number of ether oxygens (including phenoxy) is 1. The summed E-state index contributed by atoms with van der Waals surface area (Å²) in [6.07, 6.45) is 4.68. The van der Waals surface area contributed by atoms with Crippen molar-refractivity contribution in [3.63, 3.8) is 0 Å². The van der Waals surface area contributed by atoms with E-state index in [2.05, 4.69) is 6.07 Å². The standard InChI is InChI=1S/C12H14O2/c1-14-12-6-5-10(7-11(12)8-13)9-3-2-4-9/h5-9H,2-4H2,1H3. The van der Waals surface area contributed by atoms with Gasteiger partial charge in [0.05, 0.1) is 12.7 Å². The predicted octanol–water partition coefficient (Wildman–Crippen LogP) is 2.78. The highest BCUT2D eigenvalue weighted by molar-refractivity contribution is 5.79. The van der Waals surface area contributed by atoms with E-state index in [1.54, 1.807) is 7.11 Å². The van der Waals surface area contributed by atoms with E-state index < -0.39 is 0 Å². The second-order valence-electron chi connectivity index (χ2n) is 3.75. The topological polar surface area (TPSA) is 26.3 Å². The quantitative estimate of drug-likeness (QED) is 0.685. The highest BCUT2D eigenvalue weighted by Gasteiger charge is 2.20. The first-order valence-electron chi connectivity index (χ1n) is 4.98. The van der Waals surface area contributed by atoms with E-state index in [4.69, 9.17) is 4.74 Å². The maximum absolute atomic E-state index is 10.8. The third-order valence-corrected chi connectivity index (χ3v) is 2.96. The van der Waals surface area contributed by atoms with E-state index in [1.165, 1.54) is 24.8 Å². The number of hydrogen-bond donors (Lipinski definition) is 0. The molecule has 0 bridgehead atoms. The average Bonchev–Trinajstić information content (AvgIpc) is 2.15. The molecule has 0 aromatic heterocycles. The number of rotatable bonds is 3. The summed E-state index contributed by atoms with van der Waals surface area (Å²) in [4.78, 5) is 10.8. The molecule has 1 aliphatic carbocycles. The second-order valence-corrected chi connectivity index (χ2v) is 3.75. The van der Waals surface area contributed by atoms with Crippen molar-refractivity contribution >= 4 is 6.29 Å². The molecule has 0 N–H and O–H groups in total. The fourth-order valence-corrected chi connectivity index (χ4v) is 1.84. The Morgan fingerprint density at radius 3 is 2.71 bits per heavy atom. The molecule has 2 heteroatoms. The van der Waals surface area contributed by atoms with E-state index in [1.807, 2.05) is 12.1 Å². The summed E-state index contributed by atoms with van der Waals surface area (Å²) in [7, 11) is 1.59. The average molecular weight is 190 g/mol. The van der Waals surface area contributed by atoms with Crippen LogP contribution in [-0.4, -0.2) is 13.4 Å². The lowest BCUT2D eigenvalue weighted by atomic mass is 9.79. The van der Waals surface area contributed by atoms with Crippen LogP contribution in [0.4, 0.5) is 0 Å². The third kappa shape index (κ3) is 1.52. The van der Waals surface area contributed by atoms with Crippen molar-refractivity contribution in [2.24, 2.45) is 0 Å². The Bertz CT molecular complexity index is 340. The first-order chi connectivity index (χ1) is 6.85. The molecule has 1 aromatic carbocycles. The summed E-state index contributed by atoms with van der Waals surface area (Å²) in [6.45, 7) is 0. The minimum Gasteiger partial charge on any atom is -0.496 e. The van der Waals surface area contributed by atoms with Crippen LogP contribution in [0.5, 0.6) is 5.75 Å². The highest BCUT2D eigenvalue weighted by atomic mass is 16.5. The molecular formula is C12H14O2. The number of methoxy groups -OCH3 is 1. The minimum atomic E-state index is 0.664. The van der Waals surface area contributed by atoms with E-state index >= 15 is 0 Å². The summed E-state index contributed by atoms with van der Waals surface area (Å²) in [5.74, 6) is 1.34. The molecule has 74 valence electrons. The zero-order valence-electron chi connectivity index (χ0n) is 8.32. The first-order valence-corrected chi connectivity index (χ1v) is 4.98. The van der Waals surface area contributed by atoms with Crippen molar-refractivity contribution in [3.8, 4) is 5.75 Å². The fraction of sp³-hybridized carbons (Fsp3) is 0.417. The van der Waals surface area contributed by atoms with Gasteiger partial charge in [0.2, 0.25) is 0 Å². The van der Waals surface area contributed by atoms with Gasteiger partial charge in [-0.2, -0.15) is 0 Å². The molecule has 0 radical (unpaired) electrons. The Balaban J connectivity index is 2.30. The van der Waals surface area contributed by atoms with E-state index in [9.17, 15) is 4.79 Å². The number of carbonyl (C=O) groups excluding carboxylic acids is 1. The molecule has 1 aromatic rings. The summed E-state index contributed by atoms with van der Waals surface area (Å²) < 4.78 is 5.09. The number of benzene rings is 1. The summed E-state index contributed by atoms with van der Waals surface area (Å²) in [5, 5.41) is 0. The Morgan fingerprint density at radius 2 is 2.21 bits per heavy atom. The molecule has 2 nitrogen and oxygen atoms in total. The van der Waals surface area contributed by atoms with Gasteiger partial charge in [0.15, 0.2) is 6.29 Å². The van der Waals surface area contributed by atoms with Gasteiger partial charge < -0.3 is 4.74 Å². The maximum atomic E-state index is 10.8. The molecule has 2 rings (SSSR count). The van der Waals surface area contributed by atoms with Gasteiger partial charge >= 0.3 is 0 Å². The van der Waals surface area contributed by atoms with Crippen LogP contribution in [0.2, 0.25) is 0 Å². The largest absolute Gasteiger partial charge is 0.496 e. The molecular weight excluding hydrogens is 176 g/mol. The van der Waals surface area contributed by atoms with Crippen LogP contribution in [-0.2, 0) is 0 Å². The normalized spacial score (nSPS) is 16.1. The van der Waals surface area contributed by atoms with Crippen LogP contribution in [0.1, 0.15) is 41.1 Å². The molecule has 1 aliphatic rings. The highest BCUT2D eigenvalue weighted by Crippen LogP contribution is 2.37. The third-order valence-electron chi connectivity index (χ3n) is 2.96. The fourth-order valence-electron chi connectivity index (χ4n) is 1.84. The lowest BCUT2D eigenvalue weighted by molar-refractivity contribution is 0.112. The molecule has 0 aliphatic heterocycles. The lowest BCUT2D eigenvalue weighted by Gasteiger charge is -2.26. The molecule has 0 amide bonds. The van der Waals surface area contributed by atoms with Gasteiger partial charge in [0.25, 0.3) is 0 Å². The van der Waals surface area contributed by atoms with Gasteiger partial charge in [-0.05, 0) is 36.5 Å².